The molecule has 0 fully saturated rings. The number of aromatic nitrogens is 1. The minimum absolute atomic E-state index is 0.332. The molecule has 0 aliphatic carbocycles. The zero-order valence-electron chi connectivity index (χ0n) is 12.3. The zero-order chi connectivity index (χ0) is 17.1. The molecule has 3 rings (SSSR count). The number of nitrogens with zero attached hydrogens (tertiary/aromatic N) is 1. The topological polar surface area (TPSA) is 85.1 Å². The van der Waals surface area contributed by atoms with Gasteiger partial charge in [0.2, 0.25) is 5.91 Å². The van der Waals surface area contributed by atoms with E-state index in [2.05, 4.69) is 9.69 Å². The van der Waals surface area contributed by atoms with E-state index in [1.54, 1.807) is 30.3 Å². The highest BCUT2D eigenvalue weighted by Crippen LogP contribution is 2.23. The van der Waals surface area contributed by atoms with Gasteiger partial charge in [-0.2, -0.15) is 4.37 Å². The van der Waals surface area contributed by atoms with E-state index in [-0.39, 0.29) is 11.7 Å². The molecule has 0 saturated carbocycles. The van der Waals surface area contributed by atoms with Gasteiger partial charge >= 0.3 is 0 Å². The molecule has 5 nitrogen and oxygen atoms in total. The Hall–Kier alpha value is -3.06. The molecular formula is C17H12FN3O2S. The van der Waals surface area contributed by atoms with Crippen LogP contribution in [0.2, 0.25) is 0 Å². The van der Waals surface area contributed by atoms with Crippen LogP contribution in [-0.2, 0) is 0 Å². The quantitative estimate of drug-likeness (QED) is 0.763. The highest BCUT2D eigenvalue weighted by atomic mass is 32.1. The Bertz CT molecular complexity index is 906. The number of carbonyl (C=O) groups excluding carboxylic acids is 2. The van der Waals surface area contributed by atoms with Gasteiger partial charge in [-0.25, -0.2) is 4.39 Å². The molecule has 0 unspecified atom stereocenters. The summed E-state index contributed by atoms with van der Waals surface area (Å²) in [5, 5.41) is 2.71. The molecule has 1 aromatic heterocycles. The maximum Gasteiger partial charge on any atom is 0.267 e. The van der Waals surface area contributed by atoms with Crippen LogP contribution in [0.15, 0.2) is 54.6 Å². The average Bonchev–Trinajstić information content (AvgIpc) is 3.05. The number of amides is 2. The summed E-state index contributed by atoms with van der Waals surface area (Å²) in [5.74, 6) is -1.22. The van der Waals surface area contributed by atoms with Crippen molar-refractivity contribution in [2.75, 3.05) is 5.32 Å². The molecule has 24 heavy (non-hydrogen) atoms. The lowest BCUT2D eigenvalue weighted by molar-refractivity contribution is 0.0998. The van der Waals surface area contributed by atoms with Crippen molar-refractivity contribution in [1.29, 1.82) is 0 Å². The summed E-state index contributed by atoms with van der Waals surface area (Å²) in [6.07, 6.45) is 0. The van der Waals surface area contributed by atoms with Gasteiger partial charge in [-0.1, -0.05) is 12.1 Å². The van der Waals surface area contributed by atoms with E-state index in [1.807, 2.05) is 0 Å². The first kappa shape index (κ1) is 15.8. The van der Waals surface area contributed by atoms with Gasteiger partial charge in [0.05, 0.1) is 5.69 Å². The van der Waals surface area contributed by atoms with Gasteiger partial charge < -0.3 is 11.1 Å². The van der Waals surface area contributed by atoms with Crippen molar-refractivity contribution in [2.24, 2.45) is 5.73 Å². The summed E-state index contributed by atoms with van der Waals surface area (Å²) in [7, 11) is 0. The smallest absolute Gasteiger partial charge is 0.267 e. The Morgan fingerprint density at radius 3 is 2.50 bits per heavy atom. The van der Waals surface area contributed by atoms with Crippen LogP contribution < -0.4 is 11.1 Å². The Labute approximate surface area is 141 Å². The Morgan fingerprint density at radius 1 is 1.08 bits per heavy atom. The van der Waals surface area contributed by atoms with Crippen LogP contribution in [0.25, 0.3) is 11.3 Å². The number of rotatable bonds is 4. The SMILES string of the molecule is NC(=O)c1ccc(NC(=O)c2cc(-c3cccc(F)c3)ns2)cc1. The van der Waals surface area contributed by atoms with E-state index in [4.69, 9.17) is 5.73 Å². The molecule has 0 radical (unpaired) electrons. The van der Waals surface area contributed by atoms with Crippen molar-refractivity contribution in [1.82, 2.24) is 4.37 Å². The number of benzene rings is 2. The molecule has 120 valence electrons. The summed E-state index contributed by atoms with van der Waals surface area (Å²) >= 11 is 1.03. The van der Waals surface area contributed by atoms with Crippen LogP contribution in [0.5, 0.6) is 0 Å². The molecule has 7 heteroatoms. The van der Waals surface area contributed by atoms with E-state index in [9.17, 15) is 14.0 Å². The summed E-state index contributed by atoms with van der Waals surface area (Å²) in [4.78, 5) is 23.7. The number of nitrogens with one attached hydrogen (secondary N) is 1. The van der Waals surface area contributed by atoms with Gasteiger partial charge in [0.1, 0.15) is 10.7 Å². The minimum atomic E-state index is -0.532. The van der Waals surface area contributed by atoms with Crippen LogP contribution in [0.4, 0.5) is 10.1 Å². The first-order valence-corrected chi connectivity index (χ1v) is 7.74. The third-order valence-electron chi connectivity index (χ3n) is 3.28. The van der Waals surface area contributed by atoms with Crippen molar-refractivity contribution < 1.29 is 14.0 Å². The van der Waals surface area contributed by atoms with Crippen LogP contribution >= 0.6 is 11.5 Å². The predicted octanol–water partition coefficient (Wildman–Crippen LogP) is 3.30. The fourth-order valence-electron chi connectivity index (χ4n) is 2.08. The summed E-state index contributed by atoms with van der Waals surface area (Å²) in [6, 6.07) is 13.9. The average molecular weight is 341 g/mol. The number of nitrogens with two attached hydrogens (primary N) is 1. The van der Waals surface area contributed by atoms with E-state index >= 15 is 0 Å². The summed E-state index contributed by atoms with van der Waals surface area (Å²) in [6.45, 7) is 0. The second-order valence-electron chi connectivity index (χ2n) is 4.98. The van der Waals surface area contributed by atoms with Gasteiger partial charge in [-0.3, -0.25) is 9.59 Å². The fourth-order valence-corrected chi connectivity index (χ4v) is 2.73. The first-order chi connectivity index (χ1) is 11.5. The number of anilines is 1. The standard InChI is InChI=1S/C17H12FN3O2S/c18-12-3-1-2-11(8-12)14-9-15(24-21-14)17(23)20-13-6-4-10(5-7-13)16(19)22/h1-9H,(H2,19,22)(H,20,23). The van der Waals surface area contributed by atoms with Crippen molar-refractivity contribution in [3.8, 4) is 11.3 Å². The van der Waals surface area contributed by atoms with Gasteiger partial charge in [-0.05, 0) is 54.0 Å². The maximum atomic E-state index is 13.3. The molecule has 0 spiro atoms. The fraction of sp³-hybridized carbons (Fsp3) is 0. The van der Waals surface area contributed by atoms with Gasteiger partial charge in [0.25, 0.3) is 5.91 Å². The molecule has 0 aliphatic rings. The van der Waals surface area contributed by atoms with Gasteiger partial charge in [-0.15, -0.1) is 0 Å². The van der Waals surface area contributed by atoms with E-state index in [1.165, 1.54) is 24.3 Å². The lowest BCUT2D eigenvalue weighted by Gasteiger charge is -2.03. The summed E-state index contributed by atoms with van der Waals surface area (Å²) in [5.41, 5.74) is 7.20. The number of hydrogen-bond donors (Lipinski definition) is 2. The molecule has 0 saturated heterocycles. The lowest BCUT2D eigenvalue weighted by atomic mass is 10.1. The molecule has 3 N–H and O–H groups in total. The van der Waals surface area contributed by atoms with Crippen molar-refractivity contribution in [3.63, 3.8) is 0 Å². The second-order valence-corrected chi connectivity index (χ2v) is 5.79. The number of hydrogen-bond acceptors (Lipinski definition) is 4. The molecule has 2 aromatic carbocycles. The van der Waals surface area contributed by atoms with Crippen LogP contribution in [0.1, 0.15) is 20.0 Å². The Morgan fingerprint density at radius 2 is 1.83 bits per heavy atom. The van der Waals surface area contributed by atoms with Gasteiger partial charge in [0, 0.05) is 16.8 Å². The molecule has 2 amide bonds. The second kappa shape index (κ2) is 6.59. The largest absolute Gasteiger partial charge is 0.366 e. The number of carbonyl (C=O) groups is 2. The maximum absolute atomic E-state index is 13.3. The van der Waals surface area contributed by atoms with Crippen LogP contribution in [0, 0.1) is 5.82 Å². The number of halogens is 1. The molecule has 0 aliphatic heterocycles. The number of primary amides is 1. The minimum Gasteiger partial charge on any atom is -0.366 e. The third-order valence-corrected chi connectivity index (χ3v) is 4.07. The van der Waals surface area contributed by atoms with Gasteiger partial charge in [0.15, 0.2) is 0 Å². The third kappa shape index (κ3) is 3.47. The highest BCUT2D eigenvalue weighted by molar-refractivity contribution is 7.08. The molecule has 0 bridgehead atoms. The van der Waals surface area contributed by atoms with Crippen molar-refractivity contribution in [3.05, 3.63) is 70.9 Å². The van der Waals surface area contributed by atoms with Crippen molar-refractivity contribution in [2.45, 2.75) is 0 Å². The normalized spacial score (nSPS) is 10.4. The van der Waals surface area contributed by atoms with Crippen molar-refractivity contribution >= 4 is 29.0 Å². The molecule has 0 atom stereocenters. The highest BCUT2D eigenvalue weighted by Gasteiger charge is 2.12. The molecule has 1 heterocycles. The lowest BCUT2D eigenvalue weighted by Crippen LogP contribution is -2.12. The molecule has 3 aromatic rings. The monoisotopic (exact) mass is 341 g/mol. The first-order valence-electron chi connectivity index (χ1n) is 6.97. The Balaban J connectivity index is 1.75. The predicted molar refractivity (Wildman–Crippen MR) is 90.4 cm³/mol. The van der Waals surface area contributed by atoms with E-state index < -0.39 is 5.91 Å². The van der Waals surface area contributed by atoms with E-state index in [0.29, 0.717) is 27.4 Å². The summed E-state index contributed by atoms with van der Waals surface area (Å²) < 4.78 is 17.4. The zero-order valence-corrected chi connectivity index (χ0v) is 13.1. The van der Waals surface area contributed by atoms with Crippen LogP contribution in [0.3, 0.4) is 0 Å². The Kier molecular flexibility index (Phi) is 4.35. The van der Waals surface area contributed by atoms with E-state index in [0.717, 1.165) is 11.5 Å². The molecular weight excluding hydrogens is 329 g/mol. The van der Waals surface area contributed by atoms with Crippen LogP contribution in [-0.4, -0.2) is 16.2 Å².